The van der Waals surface area contributed by atoms with Crippen molar-refractivity contribution >= 4 is 17.6 Å². The van der Waals surface area contributed by atoms with Crippen molar-refractivity contribution in [3.63, 3.8) is 0 Å². The van der Waals surface area contributed by atoms with Crippen LogP contribution in [-0.4, -0.2) is 6.13 Å². The lowest BCUT2D eigenvalue weighted by Gasteiger charge is -2.15. The Balaban J connectivity index is 3.57. The number of rotatable bonds is 8. The molecule has 0 rings (SSSR count). The van der Waals surface area contributed by atoms with E-state index < -0.39 is 0 Å². The molecule has 2 atom stereocenters. The maximum Gasteiger partial charge on any atom is 0.251 e. The average molecular weight is 217 g/mol. The van der Waals surface area contributed by atoms with Crippen molar-refractivity contribution in [1.82, 2.24) is 0 Å². The van der Waals surface area contributed by atoms with Gasteiger partial charge in [0.1, 0.15) is 0 Å². The molecule has 14 heavy (non-hydrogen) atoms. The molecule has 0 fully saturated rings. The molecule has 2 heteroatoms. The number of hydrogen-bond donors (Lipinski definition) is 0. The normalized spacial score (nSPS) is 15.2. The summed E-state index contributed by atoms with van der Waals surface area (Å²) in [5.41, 5.74) is 0. The van der Waals surface area contributed by atoms with Crippen LogP contribution in [0.2, 0.25) is 12.6 Å². The van der Waals surface area contributed by atoms with Crippen LogP contribution in [0.25, 0.3) is 0 Å². The third-order valence-electron chi connectivity index (χ3n) is 2.88. The molecule has 0 radical (unpaired) electrons. The van der Waals surface area contributed by atoms with E-state index in [1.165, 1.54) is 38.3 Å². The number of hydrogen-bond acceptors (Lipinski definition) is 0. The lowest BCUT2D eigenvalue weighted by atomic mass is 9.61. The number of halogens is 1. The standard InChI is InChI=1S/C12H26BCl/c1-5-7-11(3)9-13(14)10-12(4)8-6-2/h11-12H,5-10H2,1-4H3. The lowest BCUT2D eigenvalue weighted by Crippen LogP contribution is -2.13. The summed E-state index contributed by atoms with van der Waals surface area (Å²) >= 11 is 6.34. The van der Waals surface area contributed by atoms with Gasteiger partial charge in [0.2, 0.25) is 0 Å². The van der Waals surface area contributed by atoms with Crippen molar-refractivity contribution in [3.8, 4) is 0 Å². The molecule has 0 aliphatic rings. The molecular weight excluding hydrogens is 190 g/mol. The van der Waals surface area contributed by atoms with Crippen LogP contribution in [0.5, 0.6) is 0 Å². The minimum absolute atomic E-state index is 0.401. The van der Waals surface area contributed by atoms with E-state index in [2.05, 4.69) is 27.7 Å². The highest BCUT2D eigenvalue weighted by Crippen LogP contribution is 2.22. The molecule has 0 aliphatic heterocycles. The molecule has 2 unspecified atom stereocenters. The maximum absolute atomic E-state index is 6.34. The predicted octanol–water partition coefficient (Wildman–Crippen LogP) is 5.09. The molecule has 0 heterocycles. The van der Waals surface area contributed by atoms with Crippen LogP contribution >= 0.6 is 11.5 Å². The first kappa shape index (κ1) is 14.4. The molecule has 0 amide bonds. The van der Waals surface area contributed by atoms with E-state index in [9.17, 15) is 0 Å². The van der Waals surface area contributed by atoms with Crippen LogP contribution in [-0.2, 0) is 0 Å². The smallest absolute Gasteiger partial charge is 0.196 e. The summed E-state index contributed by atoms with van der Waals surface area (Å²) in [6.45, 7) is 9.14. The van der Waals surface area contributed by atoms with Crippen LogP contribution in [0.3, 0.4) is 0 Å². The topological polar surface area (TPSA) is 0 Å². The summed E-state index contributed by atoms with van der Waals surface area (Å²) in [5.74, 6) is 1.60. The first-order valence-corrected chi connectivity index (χ1v) is 6.67. The van der Waals surface area contributed by atoms with E-state index >= 15 is 0 Å². The monoisotopic (exact) mass is 216 g/mol. The highest BCUT2D eigenvalue weighted by Gasteiger charge is 2.17. The second kappa shape index (κ2) is 8.65. The third-order valence-corrected chi connectivity index (χ3v) is 3.24. The summed E-state index contributed by atoms with van der Waals surface area (Å²) in [7, 11) is 0. The van der Waals surface area contributed by atoms with Gasteiger partial charge in [0.25, 0.3) is 6.13 Å². The minimum atomic E-state index is 0.401. The van der Waals surface area contributed by atoms with Gasteiger partial charge in [-0.2, -0.15) is 11.5 Å². The van der Waals surface area contributed by atoms with Crippen molar-refractivity contribution in [2.24, 2.45) is 11.8 Å². The molecule has 0 aliphatic carbocycles. The van der Waals surface area contributed by atoms with Gasteiger partial charge in [-0.3, -0.25) is 0 Å². The van der Waals surface area contributed by atoms with Crippen molar-refractivity contribution in [2.45, 2.75) is 66.0 Å². The summed E-state index contributed by atoms with van der Waals surface area (Å²) in [6, 6.07) is 0. The Kier molecular flexibility index (Phi) is 8.87. The van der Waals surface area contributed by atoms with Gasteiger partial charge in [0, 0.05) is 0 Å². The van der Waals surface area contributed by atoms with Crippen LogP contribution in [0.1, 0.15) is 53.4 Å². The molecule has 0 bridgehead atoms. The summed E-state index contributed by atoms with van der Waals surface area (Å²) in [5, 5.41) is 0. The molecule has 84 valence electrons. The first-order chi connectivity index (χ1) is 6.60. The van der Waals surface area contributed by atoms with E-state index in [0.29, 0.717) is 6.13 Å². The molecule has 0 aromatic rings. The first-order valence-electron chi connectivity index (χ1n) is 6.24. The zero-order valence-electron chi connectivity index (χ0n) is 10.4. The van der Waals surface area contributed by atoms with Gasteiger partial charge in [-0.15, -0.1) is 0 Å². The van der Waals surface area contributed by atoms with E-state index in [4.69, 9.17) is 11.5 Å². The quantitative estimate of drug-likeness (QED) is 0.496. The largest absolute Gasteiger partial charge is 0.251 e. The molecule has 0 saturated heterocycles. The predicted molar refractivity (Wildman–Crippen MR) is 69.4 cm³/mol. The Hall–Kier alpha value is 0.355. The Morgan fingerprint density at radius 3 is 1.57 bits per heavy atom. The van der Waals surface area contributed by atoms with Gasteiger partial charge in [-0.25, -0.2) is 0 Å². The Morgan fingerprint density at radius 2 is 1.29 bits per heavy atom. The second-order valence-electron chi connectivity index (χ2n) is 4.86. The maximum atomic E-state index is 6.34. The highest BCUT2D eigenvalue weighted by atomic mass is 35.5. The van der Waals surface area contributed by atoms with E-state index in [1.807, 2.05) is 0 Å². The Bertz CT molecular complexity index is 113. The van der Waals surface area contributed by atoms with Gasteiger partial charge in [-0.05, 0) is 11.8 Å². The van der Waals surface area contributed by atoms with Crippen LogP contribution in [0.4, 0.5) is 0 Å². The van der Waals surface area contributed by atoms with Gasteiger partial charge in [0.15, 0.2) is 0 Å². The molecular formula is C12H26BCl. The van der Waals surface area contributed by atoms with Crippen molar-refractivity contribution in [2.75, 3.05) is 0 Å². The lowest BCUT2D eigenvalue weighted by molar-refractivity contribution is 0.552. The SMILES string of the molecule is CCCC(C)CB(Cl)CC(C)CCC. The highest BCUT2D eigenvalue weighted by molar-refractivity contribution is 7.06. The van der Waals surface area contributed by atoms with Crippen molar-refractivity contribution in [1.29, 1.82) is 0 Å². The molecule has 0 saturated carbocycles. The third kappa shape index (κ3) is 7.73. The minimum Gasteiger partial charge on any atom is -0.196 e. The summed E-state index contributed by atoms with van der Waals surface area (Å²) in [4.78, 5) is 0. The summed E-state index contributed by atoms with van der Waals surface area (Å²) in [6.07, 6.45) is 8.02. The Labute approximate surface area is 95.8 Å². The van der Waals surface area contributed by atoms with E-state index in [1.54, 1.807) is 0 Å². The van der Waals surface area contributed by atoms with Crippen molar-refractivity contribution in [3.05, 3.63) is 0 Å². The Morgan fingerprint density at radius 1 is 0.929 bits per heavy atom. The second-order valence-corrected chi connectivity index (χ2v) is 5.47. The van der Waals surface area contributed by atoms with Gasteiger partial charge in [0.05, 0.1) is 0 Å². The molecule has 0 nitrogen and oxygen atoms in total. The molecule has 0 N–H and O–H groups in total. The summed E-state index contributed by atoms with van der Waals surface area (Å²) < 4.78 is 0. The van der Waals surface area contributed by atoms with Gasteiger partial charge >= 0.3 is 0 Å². The van der Waals surface area contributed by atoms with Crippen molar-refractivity contribution < 1.29 is 0 Å². The van der Waals surface area contributed by atoms with Gasteiger partial charge in [-0.1, -0.05) is 66.0 Å². The zero-order valence-corrected chi connectivity index (χ0v) is 11.1. The van der Waals surface area contributed by atoms with E-state index in [-0.39, 0.29) is 0 Å². The fourth-order valence-electron chi connectivity index (χ4n) is 2.19. The molecule has 0 spiro atoms. The van der Waals surface area contributed by atoms with Gasteiger partial charge < -0.3 is 0 Å². The fraction of sp³-hybridized carbons (Fsp3) is 1.00. The molecule has 0 aromatic carbocycles. The average Bonchev–Trinajstić information content (AvgIpc) is 2.03. The van der Waals surface area contributed by atoms with Crippen LogP contribution in [0.15, 0.2) is 0 Å². The molecule has 0 aromatic heterocycles. The van der Waals surface area contributed by atoms with Crippen LogP contribution in [0, 0.1) is 11.8 Å². The van der Waals surface area contributed by atoms with E-state index in [0.717, 1.165) is 11.8 Å². The fourth-order valence-corrected chi connectivity index (χ4v) is 2.80. The zero-order chi connectivity index (χ0) is 11.0. The van der Waals surface area contributed by atoms with Crippen LogP contribution < -0.4 is 0 Å².